The number of carbonyl (C=O) groups is 1. The quantitative estimate of drug-likeness (QED) is 0.836. The van der Waals surface area contributed by atoms with Gasteiger partial charge in [0.1, 0.15) is 0 Å². The Kier molecular flexibility index (Phi) is 4.70. The van der Waals surface area contributed by atoms with Crippen molar-refractivity contribution in [1.29, 1.82) is 0 Å². The summed E-state index contributed by atoms with van der Waals surface area (Å²) in [5.74, 6) is 0.195. The first-order chi connectivity index (χ1) is 9.81. The first kappa shape index (κ1) is 14.0. The molecule has 1 aromatic heterocycles. The summed E-state index contributed by atoms with van der Waals surface area (Å²) < 4.78 is 5.68. The Bertz CT molecular complexity index is 425. The Morgan fingerprint density at radius 2 is 2.35 bits per heavy atom. The number of hydrogen-bond acceptors (Lipinski definition) is 4. The van der Waals surface area contributed by atoms with E-state index in [9.17, 15) is 4.79 Å². The van der Waals surface area contributed by atoms with Crippen molar-refractivity contribution in [3.8, 4) is 0 Å². The van der Waals surface area contributed by atoms with Crippen molar-refractivity contribution in [2.24, 2.45) is 0 Å². The Morgan fingerprint density at radius 3 is 3.00 bits per heavy atom. The van der Waals surface area contributed by atoms with Gasteiger partial charge in [0.2, 0.25) is 5.91 Å². The van der Waals surface area contributed by atoms with Crippen LogP contribution >= 0.6 is 11.3 Å². The predicted molar refractivity (Wildman–Crippen MR) is 79.7 cm³/mol. The Labute approximate surface area is 124 Å². The zero-order valence-electron chi connectivity index (χ0n) is 11.7. The van der Waals surface area contributed by atoms with Gasteiger partial charge in [-0.1, -0.05) is 6.07 Å². The van der Waals surface area contributed by atoms with Crippen molar-refractivity contribution in [1.82, 2.24) is 10.2 Å². The number of thiophene rings is 1. The van der Waals surface area contributed by atoms with Crippen LogP contribution in [0.3, 0.4) is 0 Å². The van der Waals surface area contributed by atoms with Gasteiger partial charge in [0.25, 0.3) is 0 Å². The lowest BCUT2D eigenvalue weighted by molar-refractivity contribution is -0.132. The fourth-order valence-corrected chi connectivity index (χ4v) is 3.23. The lowest BCUT2D eigenvalue weighted by Gasteiger charge is -2.25. The molecular weight excluding hydrogens is 272 g/mol. The van der Waals surface area contributed by atoms with Crippen LogP contribution in [0.5, 0.6) is 0 Å². The van der Waals surface area contributed by atoms with Gasteiger partial charge in [-0.2, -0.15) is 0 Å². The average Bonchev–Trinajstić information content (AvgIpc) is 2.91. The van der Waals surface area contributed by atoms with Gasteiger partial charge in [0.05, 0.1) is 19.2 Å². The lowest BCUT2D eigenvalue weighted by Crippen LogP contribution is -2.42. The predicted octanol–water partition coefficient (Wildman–Crippen LogP) is 2.01. The summed E-state index contributed by atoms with van der Waals surface area (Å²) in [5.41, 5.74) is 0. The fraction of sp³-hybridized carbons (Fsp3) is 0.667. The minimum atomic E-state index is 0.195. The minimum Gasteiger partial charge on any atom is -0.376 e. The van der Waals surface area contributed by atoms with E-state index < -0.39 is 0 Å². The van der Waals surface area contributed by atoms with Crippen LogP contribution in [0.1, 0.15) is 30.6 Å². The van der Waals surface area contributed by atoms with E-state index in [1.165, 1.54) is 17.7 Å². The number of ether oxygens (including phenoxy) is 1. The second-order valence-electron chi connectivity index (χ2n) is 5.64. The third kappa shape index (κ3) is 4.04. The van der Waals surface area contributed by atoms with E-state index in [4.69, 9.17) is 4.74 Å². The van der Waals surface area contributed by atoms with Crippen molar-refractivity contribution < 1.29 is 9.53 Å². The molecule has 1 aromatic rings. The highest BCUT2D eigenvalue weighted by Crippen LogP contribution is 2.19. The zero-order valence-corrected chi connectivity index (χ0v) is 12.5. The Morgan fingerprint density at radius 1 is 1.45 bits per heavy atom. The van der Waals surface area contributed by atoms with Crippen LogP contribution < -0.4 is 5.32 Å². The Hall–Kier alpha value is -0.910. The van der Waals surface area contributed by atoms with Crippen LogP contribution in [-0.2, 0) is 16.1 Å². The molecule has 2 heterocycles. The molecule has 5 heteroatoms. The molecule has 1 amide bonds. The lowest BCUT2D eigenvalue weighted by atomic mass is 10.2. The number of nitrogens with zero attached hydrogens (tertiary/aromatic N) is 1. The molecule has 1 saturated heterocycles. The summed E-state index contributed by atoms with van der Waals surface area (Å²) in [4.78, 5) is 15.6. The molecule has 110 valence electrons. The van der Waals surface area contributed by atoms with E-state index in [2.05, 4.69) is 16.8 Å². The first-order valence-corrected chi connectivity index (χ1v) is 8.34. The molecule has 4 nitrogen and oxygen atoms in total. The van der Waals surface area contributed by atoms with Gasteiger partial charge in [0.15, 0.2) is 0 Å². The summed E-state index contributed by atoms with van der Waals surface area (Å²) in [6, 6.07) is 4.71. The average molecular weight is 294 g/mol. The maximum atomic E-state index is 12.4. The standard InChI is InChI=1S/C15H22N2O2S/c18-15(9-16-12-5-6-12)17(10-13-3-1-7-19-13)11-14-4-2-8-20-14/h2,4,8,12-13,16H,1,3,5-7,9-11H2. The molecule has 1 aliphatic carbocycles. The number of rotatable bonds is 7. The second kappa shape index (κ2) is 6.70. The number of carbonyl (C=O) groups excluding carboxylic acids is 1. The zero-order chi connectivity index (χ0) is 13.8. The molecule has 1 unspecified atom stereocenters. The number of amides is 1. The molecule has 0 bridgehead atoms. The first-order valence-electron chi connectivity index (χ1n) is 7.46. The van der Waals surface area contributed by atoms with Gasteiger partial charge in [-0.05, 0) is 37.1 Å². The summed E-state index contributed by atoms with van der Waals surface area (Å²) in [6.45, 7) is 2.74. The van der Waals surface area contributed by atoms with Crippen LogP contribution in [0.2, 0.25) is 0 Å². The highest BCUT2D eigenvalue weighted by atomic mass is 32.1. The highest BCUT2D eigenvalue weighted by Gasteiger charge is 2.25. The summed E-state index contributed by atoms with van der Waals surface area (Å²) in [5, 5.41) is 5.37. The molecule has 0 spiro atoms. The van der Waals surface area contributed by atoms with Gasteiger partial charge in [0, 0.05) is 24.1 Å². The van der Waals surface area contributed by atoms with Crippen LogP contribution in [0.4, 0.5) is 0 Å². The SMILES string of the molecule is O=C(CNC1CC1)N(Cc1cccs1)CC1CCCO1. The minimum absolute atomic E-state index is 0.195. The molecule has 1 N–H and O–H groups in total. The van der Waals surface area contributed by atoms with Crippen molar-refractivity contribution in [3.63, 3.8) is 0 Å². The molecule has 2 aliphatic rings. The maximum Gasteiger partial charge on any atom is 0.236 e. The van der Waals surface area contributed by atoms with E-state index in [1.54, 1.807) is 11.3 Å². The molecule has 1 atom stereocenters. The molecule has 0 aromatic carbocycles. The molecule has 3 rings (SSSR count). The number of hydrogen-bond donors (Lipinski definition) is 1. The van der Waals surface area contributed by atoms with Gasteiger partial charge < -0.3 is 15.0 Å². The van der Waals surface area contributed by atoms with Crippen molar-refractivity contribution in [2.75, 3.05) is 19.7 Å². The summed E-state index contributed by atoms with van der Waals surface area (Å²) in [7, 11) is 0. The van der Waals surface area contributed by atoms with E-state index in [0.717, 1.165) is 26.0 Å². The third-order valence-corrected chi connectivity index (χ3v) is 4.71. The van der Waals surface area contributed by atoms with Crippen LogP contribution in [0.15, 0.2) is 17.5 Å². The molecule has 1 saturated carbocycles. The van der Waals surface area contributed by atoms with Gasteiger partial charge in [-0.25, -0.2) is 0 Å². The van der Waals surface area contributed by atoms with Crippen LogP contribution in [0, 0.1) is 0 Å². The second-order valence-corrected chi connectivity index (χ2v) is 6.68. The van der Waals surface area contributed by atoms with Gasteiger partial charge >= 0.3 is 0 Å². The van der Waals surface area contributed by atoms with Crippen LogP contribution in [-0.4, -0.2) is 42.6 Å². The van der Waals surface area contributed by atoms with E-state index in [-0.39, 0.29) is 12.0 Å². The third-order valence-electron chi connectivity index (χ3n) is 3.85. The van der Waals surface area contributed by atoms with Gasteiger partial charge in [-0.15, -0.1) is 11.3 Å². The monoisotopic (exact) mass is 294 g/mol. The normalized spacial score (nSPS) is 22.1. The van der Waals surface area contributed by atoms with Crippen molar-refractivity contribution in [2.45, 2.75) is 44.4 Å². The van der Waals surface area contributed by atoms with Gasteiger partial charge in [-0.3, -0.25) is 4.79 Å². The maximum absolute atomic E-state index is 12.4. The summed E-state index contributed by atoms with van der Waals surface area (Å²) >= 11 is 1.71. The van der Waals surface area contributed by atoms with Crippen LogP contribution in [0.25, 0.3) is 0 Å². The summed E-state index contributed by atoms with van der Waals surface area (Å²) in [6.07, 6.45) is 4.84. The fourth-order valence-electron chi connectivity index (χ4n) is 2.51. The largest absolute Gasteiger partial charge is 0.376 e. The number of nitrogens with one attached hydrogen (secondary N) is 1. The van der Waals surface area contributed by atoms with Crippen molar-refractivity contribution >= 4 is 17.2 Å². The van der Waals surface area contributed by atoms with E-state index in [0.29, 0.717) is 19.1 Å². The topological polar surface area (TPSA) is 41.6 Å². The molecule has 1 aliphatic heterocycles. The molecule has 20 heavy (non-hydrogen) atoms. The highest BCUT2D eigenvalue weighted by molar-refractivity contribution is 7.09. The molecule has 2 fully saturated rings. The molecular formula is C15H22N2O2S. The smallest absolute Gasteiger partial charge is 0.236 e. The van der Waals surface area contributed by atoms with E-state index in [1.807, 2.05) is 11.0 Å². The Balaban J connectivity index is 1.56. The van der Waals surface area contributed by atoms with Crippen molar-refractivity contribution in [3.05, 3.63) is 22.4 Å². The van der Waals surface area contributed by atoms with E-state index >= 15 is 0 Å². The molecule has 0 radical (unpaired) electrons.